The second-order valence-electron chi connectivity index (χ2n) is 5.35. The molecule has 0 bridgehead atoms. The highest BCUT2D eigenvalue weighted by atomic mass is 16.5. The minimum Gasteiger partial charge on any atom is -0.496 e. The molecule has 0 aromatic heterocycles. The van der Waals surface area contributed by atoms with Gasteiger partial charge in [0.2, 0.25) is 0 Å². The summed E-state index contributed by atoms with van der Waals surface area (Å²) in [6, 6.07) is 5.85. The number of benzene rings is 1. The molecule has 1 atom stereocenters. The molecule has 0 aliphatic heterocycles. The Kier molecular flexibility index (Phi) is 5.23. The molecule has 1 N–H and O–H groups in total. The van der Waals surface area contributed by atoms with Crippen LogP contribution in [0.5, 0.6) is 5.75 Å². The summed E-state index contributed by atoms with van der Waals surface area (Å²) in [5.41, 5.74) is 1.94. The molecule has 1 aliphatic carbocycles. The van der Waals surface area contributed by atoms with Gasteiger partial charge in [0, 0.05) is 5.56 Å². The highest BCUT2D eigenvalue weighted by Crippen LogP contribution is 2.28. The summed E-state index contributed by atoms with van der Waals surface area (Å²) < 4.78 is 11.1. The van der Waals surface area contributed by atoms with E-state index >= 15 is 0 Å². The molecule has 3 nitrogen and oxygen atoms in total. The summed E-state index contributed by atoms with van der Waals surface area (Å²) in [6.45, 7) is 2.36. The minimum atomic E-state index is -0.614. The maximum absolute atomic E-state index is 10.3. The van der Waals surface area contributed by atoms with E-state index in [0.717, 1.165) is 29.7 Å². The summed E-state index contributed by atoms with van der Waals surface area (Å²) in [4.78, 5) is 0. The van der Waals surface area contributed by atoms with Crippen LogP contribution in [0.3, 0.4) is 0 Å². The van der Waals surface area contributed by atoms with Gasteiger partial charge in [0.25, 0.3) is 0 Å². The van der Waals surface area contributed by atoms with Crippen LogP contribution in [0.4, 0.5) is 0 Å². The summed E-state index contributed by atoms with van der Waals surface area (Å²) >= 11 is 0. The van der Waals surface area contributed by atoms with Gasteiger partial charge in [-0.1, -0.05) is 30.9 Å². The molecule has 0 radical (unpaired) electrons. The van der Waals surface area contributed by atoms with Crippen LogP contribution in [0.25, 0.3) is 0 Å². The van der Waals surface area contributed by atoms with Crippen molar-refractivity contribution in [2.24, 2.45) is 0 Å². The number of aliphatic hydroxyl groups is 1. The third-order valence-corrected chi connectivity index (χ3v) is 3.79. The van der Waals surface area contributed by atoms with Gasteiger partial charge < -0.3 is 14.6 Å². The zero-order valence-corrected chi connectivity index (χ0v) is 11.9. The monoisotopic (exact) mass is 264 g/mol. The van der Waals surface area contributed by atoms with Crippen LogP contribution in [-0.2, 0) is 4.74 Å². The van der Waals surface area contributed by atoms with Gasteiger partial charge in [-0.25, -0.2) is 0 Å². The van der Waals surface area contributed by atoms with Crippen molar-refractivity contribution in [1.29, 1.82) is 0 Å². The minimum absolute atomic E-state index is 0.319. The molecule has 1 aromatic carbocycles. The van der Waals surface area contributed by atoms with E-state index in [0.29, 0.717) is 12.7 Å². The lowest BCUT2D eigenvalue weighted by atomic mass is 9.97. The van der Waals surface area contributed by atoms with Gasteiger partial charge >= 0.3 is 0 Å². The van der Waals surface area contributed by atoms with Crippen molar-refractivity contribution in [2.45, 2.75) is 51.2 Å². The van der Waals surface area contributed by atoms with Crippen molar-refractivity contribution in [2.75, 3.05) is 13.7 Å². The number of hydrogen-bond acceptors (Lipinski definition) is 3. The van der Waals surface area contributed by atoms with Gasteiger partial charge in [-0.05, 0) is 31.9 Å². The zero-order chi connectivity index (χ0) is 13.7. The van der Waals surface area contributed by atoms with Crippen molar-refractivity contribution >= 4 is 0 Å². The summed E-state index contributed by atoms with van der Waals surface area (Å²) in [7, 11) is 1.63. The number of rotatable bonds is 5. The van der Waals surface area contributed by atoms with E-state index in [-0.39, 0.29) is 0 Å². The smallest absolute Gasteiger partial charge is 0.124 e. The van der Waals surface area contributed by atoms with Crippen LogP contribution in [0, 0.1) is 6.92 Å². The molecule has 0 saturated heterocycles. The highest BCUT2D eigenvalue weighted by Gasteiger charge is 2.18. The normalized spacial score (nSPS) is 18.3. The molecule has 0 heterocycles. The molecule has 19 heavy (non-hydrogen) atoms. The maximum Gasteiger partial charge on any atom is 0.124 e. The van der Waals surface area contributed by atoms with E-state index < -0.39 is 6.10 Å². The first-order valence-corrected chi connectivity index (χ1v) is 7.15. The number of methoxy groups -OCH3 is 1. The summed E-state index contributed by atoms with van der Waals surface area (Å²) in [5, 5.41) is 10.3. The van der Waals surface area contributed by atoms with Crippen molar-refractivity contribution in [3.63, 3.8) is 0 Å². The Morgan fingerprint density at radius 2 is 2.00 bits per heavy atom. The molecule has 1 fully saturated rings. The van der Waals surface area contributed by atoms with Crippen LogP contribution in [0.15, 0.2) is 18.2 Å². The Bertz CT molecular complexity index is 397. The highest BCUT2D eigenvalue weighted by molar-refractivity contribution is 5.38. The molecule has 106 valence electrons. The van der Waals surface area contributed by atoms with E-state index in [1.165, 1.54) is 19.3 Å². The van der Waals surface area contributed by atoms with Gasteiger partial charge in [0.1, 0.15) is 11.9 Å². The van der Waals surface area contributed by atoms with Gasteiger partial charge in [-0.3, -0.25) is 0 Å². The van der Waals surface area contributed by atoms with E-state index in [2.05, 4.69) is 0 Å². The quantitative estimate of drug-likeness (QED) is 0.886. The SMILES string of the molecule is COc1ccc(C)cc1C(O)COC1CCCCC1. The predicted octanol–water partition coefficient (Wildman–Crippen LogP) is 3.39. The average molecular weight is 264 g/mol. The fourth-order valence-electron chi connectivity index (χ4n) is 2.66. The molecule has 1 unspecified atom stereocenters. The van der Waals surface area contributed by atoms with Crippen molar-refractivity contribution < 1.29 is 14.6 Å². The summed E-state index contributed by atoms with van der Waals surface area (Å²) in [5.74, 6) is 0.727. The Morgan fingerprint density at radius 1 is 1.26 bits per heavy atom. The van der Waals surface area contributed by atoms with Crippen molar-refractivity contribution in [3.8, 4) is 5.75 Å². The fourth-order valence-corrected chi connectivity index (χ4v) is 2.66. The van der Waals surface area contributed by atoms with E-state index in [1.807, 2.05) is 25.1 Å². The first-order chi connectivity index (χ1) is 9.20. The van der Waals surface area contributed by atoms with Gasteiger partial charge in [0.15, 0.2) is 0 Å². The number of ether oxygens (including phenoxy) is 2. The lowest BCUT2D eigenvalue weighted by Gasteiger charge is -2.24. The Morgan fingerprint density at radius 3 is 2.68 bits per heavy atom. The average Bonchev–Trinajstić information content (AvgIpc) is 2.46. The topological polar surface area (TPSA) is 38.7 Å². The van der Waals surface area contributed by atoms with E-state index in [1.54, 1.807) is 7.11 Å². The van der Waals surface area contributed by atoms with Gasteiger partial charge in [0.05, 0.1) is 19.8 Å². The second kappa shape index (κ2) is 6.92. The van der Waals surface area contributed by atoms with Crippen molar-refractivity contribution in [1.82, 2.24) is 0 Å². The third kappa shape index (κ3) is 3.95. The lowest BCUT2D eigenvalue weighted by Crippen LogP contribution is -2.20. The van der Waals surface area contributed by atoms with Crippen molar-refractivity contribution in [3.05, 3.63) is 29.3 Å². The van der Waals surface area contributed by atoms with E-state index in [9.17, 15) is 5.11 Å². The molecule has 0 amide bonds. The number of aryl methyl sites for hydroxylation is 1. The standard InChI is InChI=1S/C16H24O3/c1-12-8-9-16(18-2)14(10-12)15(17)11-19-13-6-4-3-5-7-13/h8-10,13,15,17H,3-7,11H2,1-2H3. The molecule has 2 rings (SSSR count). The predicted molar refractivity (Wildman–Crippen MR) is 75.5 cm³/mol. The molecular formula is C16H24O3. The fraction of sp³-hybridized carbons (Fsp3) is 0.625. The van der Waals surface area contributed by atoms with Crippen LogP contribution in [-0.4, -0.2) is 24.9 Å². The molecule has 1 aliphatic rings. The van der Waals surface area contributed by atoms with Crippen LogP contribution in [0.2, 0.25) is 0 Å². The number of aliphatic hydroxyl groups excluding tert-OH is 1. The molecule has 0 spiro atoms. The first kappa shape index (κ1) is 14.4. The Labute approximate surface area is 115 Å². The molecular weight excluding hydrogens is 240 g/mol. The maximum atomic E-state index is 10.3. The van der Waals surface area contributed by atoms with E-state index in [4.69, 9.17) is 9.47 Å². The Balaban J connectivity index is 1.94. The number of hydrogen-bond donors (Lipinski definition) is 1. The first-order valence-electron chi connectivity index (χ1n) is 7.15. The second-order valence-corrected chi connectivity index (χ2v) is 5.35. The van der Waals surface area contributed by atoms with Crippen LogP contribution < -0.4 is 4.74 Å². The van der Waals surface area contributed by atoms with Crippen LogP contribution >= 0.6 is 0 Å². The Hall–Kier alpha value is -1.06. The van der Waals surface area contributed by atoms with Gasteiger partial charge in [-0.2, -0.15) is 0 Å². The molecule has 1 aromatic rings. The largest absolute Gasteiger partial charge is 0.496 e. The third-order valence-electron chi connectivity index (χ3n) is 3.79. The molecule has 1 saturated carbocycles. The summed E-state index contributed by atoms with van der Waals surface area (Å²) in [6.07, 6.45) is 5.75. The zero-order valence-electron chi connectivity index (χ0n) is 11.9. The lowest BCUT2D eigenvalue weighted by molar-refractivity contribution is -0.0251. The van der Waals surface area contributed by atoms with Gasteiger partial charge in [-0.15, -0.1) is 0 Å². The molecule has 3 heteroatoms. The van der Waals surface area contributed by atoms with Crippen LogP contribution in [0.1, 0.15) is 49.3 Å².